The predicted octanol–water partition coefficient (Wildman–Crippen LogP) is 1.13. The van der Waals surface area contributed by atoms with Gasteiger partial charge in [0.15, 0.2) is 0 Å². The van der Waals surface area contributed by atoms with E-state index in [0.29, 0.717) is 5.54 Å². The average molecular weight is 191 g/mol. The topological polar surface area (TPSA) is 25.8 Å². The molecule has 0 aromatic heterocycles. The molecular weight excluding hydrogens is 174 g/mol. The highest BCUT2D eigenvalue weighted by Crippen LogP contribution is 2.36. The van der Waals surface area contributed by atoms with E-state index < -0.39 is 0 Å². The summed E-state index contributed by atoms with van der Waals surface area (Å²) in [4.78, 5) is 0. The zero-order chi connectivity index (χ0) is 10.0. The van der Waals surface area contributed by atoms with Gasteiger partial charge in [-0.15, -0.1) is 0 Å². The summed E-state index contributed by atoms with van der Waals surface area (Å²) in [5.74, 6) is 1.00. The van der Waals surface area contributed by atoms with Gasteiger partial charge in [-0.3, -0.25) is 0 Å². The van der Waals surface area contributed by atoms with E-state index in [1.54, 1.807) is 7.11 Å². The van der Waals surface area contributed by atoms with Crippen LogP contribution in [0.25, 0.3) is 0 Å². The first-order valence-electron chi connectivity index (χ1n) is 5.05. The molecule has 0 bridgehead atoms. The van der Waals surface area contributed by atoms with Crippen molar-refractivity contribution in [3.05, 3.63) is 36.9 Å². The molecule has 2 nitrogen and oxygen atoms in total. The summed E-state index contributed by atoms with van der Waals surface area (Å²) >= 11 is 0. The van der Waals surface area contributed by atoms with Crippen LogP contribution in [-0.2, 0) is 6.42 Å². The fourth-order valence-corrected chi connectivity index (χ4v) is 1.84. The van der Waals surface area contributed by atoms with Crippen molar-refractivity contribution in [2.75, 3.05) is 7.11 Å². The fourth-order valence-electron chi connectivity index (χ4n) is 1.84. The Hall–Kier alpha value is -1.02. The van der Waals surface area contributed by atoms with E-state index in [-0.39, 0.29) is 0 Å². The number of ether oxygens (including phenoxy) is 1. The van der Waals surface area contributed by atoms with Crippen molar-refractivity contribution < 1.29 is 10.1 Å². The van der Waals surface area contributed by atoms with Gasteiger partial charge >= 0.3 is 0 Å². The minimum Gasteiger partial charge on any atom is -0.496 e. The van der Waals surface area contributed by atoms with Gasteiger partial charge in [-0.2, -0.15) is 7.05 Å². The summed E-state index contributed by atoms with van der Waals surface area (Å²) < 4.78 is 5.33. The highest BCUT2D eigenvalue weighted by molar-refractivity contribution is 5.35. The lowest BCUT2D eigenvalue weighted by Crippen LogP contribution is -2.86. The maximum atomic E-state index is 5.33. The molecule has 0 aliphatic heterocycles. The van der Waals surface area contributed by atoms with E-state index in [1.165, 1.54) is 18.4 Å². The molecule has 0 heterocycles. The quantitative estimate of drug-likeness (QED) is 0.709. The monoisotopic (exact) mass is 191 g/mol. The molecular formula is C12H17NO. The van der Waals surface area contributed by atoms with Gasteiger partial charge in [0.1, 0.15) is 5.75 Å². The standard InChI is InChI=1S/C12H17NO/c1-13-12(7-8-12)9-10-5-3-4-6-11(10)14-2/h3-6H,1,7-9,13H2,2H3. The van der Waals surface area contributed by atoms with E-state index >= 15 is 0 Å². The largest absolute Gasteiger partial charge is 0.496 e. The first-order valence-corrected chi connectivity index (χ1v) is 5.05. The molecule has 1 aromatic carbocycles. The molecule has 1 aliphatic carbocycles. The van der Waals surface area contributed by atoms with E-state index in [2.05, 4.69) is 24.5 Å². The van der Waals surface area contributed by atoms with E-state index in [1.807, 2.05) is 12.1 Å². The van der Waals surface area contributed by atoms with Gasteiger partial charge in [0.05, 0.1) is 12.6 Å². The number of methoxy groups -OCH3 is 1. The molecule has 1 aromatic rings. The van der Waals surface area contributed by atoms with Crippen molar-refractivity contribution >= 4 is 0 Å². The van der Waals surface area contributed by atoms with Gasteiger partial charge in [-0.1, -0.05) is 18.2 Å². The highest BCUT2D eigenvalue weighted by atomic mass is 16.5. The minimum atomic E-state index is 0.370. The summed E-state index contributed by atoms with van der Waals surface area (Å²) in [5, 5.41) is 2.10. The Labute approximate surface area is 85.3 Å². The van der Waals surface area contributed by atoms with Crippen LogP contribution >= 0.6 is 0 Å². The van der Waals surface area contributed by atoms with Crippen molar-refractivity contribution in [2.24, 2.45) is 0 Å². The van der Waals surface area contributed by atoms with E-state index in [0.717, 1.165) is 12.2 Å². The molecule has 2 heteroatoms. The number of hydrogen-bond acceptors (Lipinski definition) is 1. The fraction of sp³-hybridized carbons (Fsp3) is 0.417. The second-order valence-corrected chi connectivity index (χ2v) is 4.06. The molecule has 0 atom stereocenters. The summed E-state index contributed by atoms with van der Waals surface area (Å²) in [6.45, 7) is 0. The third-order valence-electron chi connectivity index (χ3n) is 3.06. The Morgan fingerprint density at radius 3 is 2.71 bits per heavy atom. The summed E-state index contributed by atoms with van der Waals surface area (Å²) in [6, 6.07) is 8.24. The Bertz CT molecular complexity index is 318. The minimum absolute atomic E-state index is 0.370. The maximum Gasteiger partial charge on any atom is 0.122 e. The first kappa shape index (κ1) is 9.53. The number of quaternary nitrogens is 1. The molecule has 0 radical (unpaired) electrons. The molecule has 2 N–H and O–H groups in total. The Kier molecular flexibility index (Phi) is 2.46. The van der Waals surface area contributed by atoms with Crippen LogP contribution in [0.4, 0.5) is 0 Å². The maximum absolute atomic E-state index is 5.33. The zero-order valence-corrected chi connectivity index (χ0v) is 8.62. The van der Waals surface area contributed by atoms with Crippen LogP contribution in [0.3, 0.4) is 0 Å². The molecule has 0 spiro atoms. The summed E-state index contributed by atoms with van der Waals surface area (Å²) in [6.07, 6.45) is 3.61. The molecule has 0 saturated heterocycles. The van der Waals surface area contributed by atoms with E-state index in [9.17, 15) is 0 Å². The highest BCUT2D eigenvalue weighted by Gasteiger charge is 2.43. The molecule has 14 heavy (non-hydrogen) atoms. The van der Waals surface area contributed by atoms with Crippen molar-refractivity contribution in [3.63, 3.8) is 0 Å². The van der Waals surface area contributed by atoms with Crippen LogP contribution in [0.15, 0.2) is 24.3 Å². The van der Waals surface area contributed by atoms with Gasteiger partial charge in [0.2, 0.25) is 0 Å². The van der Waals surface area contributed by atoms with Crippen LogP contribution in [0.2, 0.25) is 0 Å². The van der Waals surface area contributed by atoms with Crippen LogP contribution in [0, 0.1) is 7.05 Å². The number of rotatable bonds is 4. The van der Waals surface area contributed by atoms with Gasteiger partial charge in [0, 0.05) is 24.8 Å². The molecule has 2 rings (SSSR count). The zero-order valence-electron chi connectivity index (χ0n) is 8.62. The third kappa shape index (κ3) is 1.75. The lowest BCUT2D eigenvalue weighted by Gasteiger charge is -2.16. The number of benzene rings is 1. The lowest BCUT2D eigenvalue weighted by atomic mass is 10.0. The predicted molar refractivity (Wildman–Crippen MR) is 55.9 cm³/mol. The van der Waals surface area contributed by atoms with Gasteiger partial charge in [-0.05, 0) is 6.07 Å². The molecule has 1 fully saturated rings. The number of nitrogens with two attached hydrogens (primary N) is 1. The third-order valence-corrected chi connectivity index (χ3v) is 3.06. The second-order valence-electron chi connectivity index (χ2n) is 4.06. The van der Waals surface area contributed by atoms with Crippen LogP contribution < -0.4 is 10.1 Å². The molecule has 0 unspecified atom stereocenters. The van der Waals surface area contributed by atoms with Crippen molar-refractivity contribution in [1.82, 2.24) is 0 Å². The SMILES string of the molecule is [CH2-][NH2+]C1(Cc2ccccc2OC)CC1. The Morgan fingerprint density at radius 1 is 1.43 bits per heavy atom. The summed E-state index contributed by atoms with van der Waals surface area (Å²) in [5.41, 5.74) is 1.67. The van der Waals surface area contributed by atoms with Gasteiger partial charge in [0.25, 0.3) is 0 Å². The van der Waals surface area contributed by atoms with Crippen LogP contribution in [0.5, 0.6) is 5.75 Å². The molecule has 0 amide bonds. The lowest BCUT2D eigenvalue weighted by molar-refractivity contribution is -0.648. The van der Waals surface area contributed by atoms with Gasteiger partial charge < -0.3 is 10.1 Å². The van der Waals surface area contributed by atoms with Crippen molar-refractivity contribution in [1.29, 1.82) is 0 Å². The number of hydrogen-bond donors (Lipinski definition) is 1. The normalized spacial score (nSPS) is 17.9. The molecule has 1 aliphatic rings. The van der Waals surface area contributed by atoms with Crippen LogP contribution in [-0.4, -0.2) is 12.6 Å². The molecule has 76 valence electrons. The van der Waals surface area contributed by atoms with Crippen molar-refractivity contribution in [3.8, 4) is 5.75 Å². The summed E-state index contributed by atoms with van der Waals surface area (Å²) in [7, 11) is 5.63. The second kappa shape index (κ2) is 3.62. The Balaban J connectivity index is 2.16. The van der Waals surface area contributed by atoms with Gasteiger partial charge in [-0.25, -0.2) is 0 Å². The Morgan fingerprint density at radius 2 is 2.14 bits per heavy atom. The van der Waals surface area contributed by atoms with E-state index in [4.69, 9.17) is 4.74 Å². The number of para-hydroxylation sites is 1. The average Bonchev–Trinajstić information content (AvgIpc) is 2.99. The smallest absolute Gasteiger partial charge is 0.122 e. The molecule has 1 saturated carbocycles. The van der Waals surface area contributed by atoms with Crippen molar-refractivity contribution in [2.45, 2.75) is 24.8 Å². The first-order chi connectivity index (χ1) is 6.79. The van der Waals surface area contributed by atoms with Crippen LogP contribution in [0.1, 0.15) is 18.4 Å².